The molecule has 0 unspecified atom stereocenters. The number of benzene rings is 2. The molecule has 1 aliphatic rings. The third kappa shape index (κ3) is 2.69. The summed E-state index contributed by atoms with van der Waals surface area (Å²) < 4.78 is 1.90. The summed E-state index contributed by atoms with van der Waals surface area (Å²) in [5.41, 5.74) is 3.69. The van der Waals surface area contributed by atoms with Gasteiger partial charge in [0.15, 0.2) is 0 Å². The van der Waals surface area contributed by atoms with Crippen LogP contribution in [0.1, 0.15) is 29.6 Å². The van der Waals surface area contributed by atoms with Gasteiger partial charge in [-0.1, -0.05) is 48.5 Å². The largest absolute Gasteiger partial charge is 0.339 e. The number of rotatable bonds is 2. The maximum atomic E-state index is 13.0. The predicted octanol–water partition coefficient (Wildman–Crippen LogP) is 4.78. The zero-order chi connectivity index (χ0) is 18.2. The van der Waals surface area contributed by atoms with Crippen molar-refractivity contribution in [3.8, 4) is 11.3 Å². The molecular weight excluding hydrogens is 334 g/mol. The highest BCUT2D eigenvalue weighted by atomic mass is 16.2. The number of amides is 1. The Morgan fingerprint density at radius 2 is 1.63 bits per heavy atom. The van der Waals surface area contributed by atoms with Crippen LogP contribution in [0.3, 0.4) is 0 Å². The van der Waals surface area contributed by atoms with Crippen LogP contribution in [-0.4, -0.2) is 33.5 Å². The molecule has 2 aromatic heterocycles. The average molecular weight is 355 g/mol. The number of carbonyl (C=O) groups is 1. The lowest BCUT2D eigenvalue weighted by Crippen LogP contribution is -2.35. The minimum atomic E-state index is 0.0970. The Labute approximate surface area is 158 Å². The zero-order valence-electron chi connectivity index (χ0n) is 15.1. The lowest BCUT2D eigenvalue weighted by Gasteiger charge is -2.26. The first-order valence-corrected chi connectivity index (χ1v) is 9.57. The number of nitrogens with zero attached hydrogens (tertiary/aromatic N) is 3. The Hall–Kier alpha value is -3.14. The van der Waals surface area contributed by atoms with Gasteiger partial charge in [0.1, 0.15) is 0 Å². The molecule has 0 aliphatic carbocycles. The van der Waals surface area contributed by atoms with Crippen molar-refractivity contribution < 1.29 is 4.79 Å². The summed E-state index contributed by atoms with van der Waals surface area (Å²) in [5.74, 6) is 0.0970. The van der Waals surface area contributed by atoms with Gasteiger partial charge in [-0.2, -0.15) is 5.10 Å². The molecule has 1 fully saturated rings. The number of fused-ring (bicyclic) bond motifs is 2. The summed E-state index contributed by atoms with van der Waals surface area (Å²) in [6.45, 7) is 1.69. The van der Waals surface area contributed by atoms with Crippen LogP contribution in [0.4, 0.5) is 0 Å². The van der Waals surface area contributed by atoms with Crippen LogP contribution in [0.5, 0.6) is 0 Å². The Morgan fingerprint density at radius 1 is 0.852 bits per heavy atom. The molecular formula is C23H21N3O. The Bertz CT molecular complexity index is 1130. The number of piperidine rings is 1. The van der Waals surface area contributed by atoms with Crippen molar-refractivity contribution in [2.24, 2.45) is 0 Å². The van der Waals surface area contributed by atoms with Crippen LogP contribution in [0.2, 0.25) is 0 Å². The number of hydrogen-bond donors (Lipinski definition) is 0. The van der Waals surface area contributed by atoms with Gasteiger partial charge in [-0.3, -0.25) is 4.79 Å². The smallest absolute Gasteiger partial charge is 0.257 e. The molecule has 4 heteroatoms. The summed E-state index contributed by atoms with van der Waals surface area (Å²) in [4.78, 5) is 15.0. The lowest BCUT2D eigenvalue weighted by molar-refractivity contribution is 0.0726. The summed E-state index contributed by atoms with van der Waals surface area (Å²) in [6.07, 6.45) is 5.11. The standard InChI is InChI=1S/C23H21N3O/c27-23(25-14-4-1-5-15-25)20-16-24-26-21(12-7-13-22(20)26)19-11-6-9-17-8-2-3-10-18(17)19/h2-3,6-13,16H,1,4-5,14-15H2. The highest BCUT2D eigenvalue weighted by Crippen LogP contribution is 2.30. The summed E-state index contributed by atoms with van der Waals surface area (Å²) in [6, 6.07) is 20.7. The number of aromatic nitrogens is 2. The number of pyridine rings is 1. The van der Waals surface area contributed by atoms with Crippen LogP contribution in [0.25, 0.3) is 27.5 Å². The van der Waals surface area contributed by atoms with E-state index in [-0.39, 0.29) is 5.91 Å². The van der Waals surface area contributed by atoms with Crippen molar-refractivity contribution in [2.45, 2.75) is 19.3 Å². The van der Waals surface area contributed by atoms with E-state index in [0.717, 1.165) is 42.7 Å². The fraction of sp³-hybridized carbons (Fsp3) is 0.217. The van der Waals surface area contributed by atoms with Crippen LogP contribution in [-0.2, 0) is 0 Å². The van der Waals surface area contributed by atoms with E-state index in [1.165, 1.54) is 17.2 Å². The molecule has 4 aromatic rings. The highest BCUT2D eigenvalue weighted by Gasteiger charge is 2.22. The van der Waals surface area contributed by atoms with Gasteiger partial charge in [0.05, 0.1) is 23.0 Å². The van der Waals surface area contributed by atoms with E-state index < -0.39 is 0 Å². The maximum Gasteiger partial charge on any atom is 0.257 e. The summed E-state index contributed by atoms with van der Waals surface area (Å²) in [5, 5.41) is 6.97. The molecule has 0 saturated carbocycles. The van der Waals surface area contributed by atoms with Crippen molar-refractivity contribution >= 4 is 22.2 Å². The topological polar surface area (TPSA) is 37.6 Å². The molecule has 4 nitrogen and oxygen atoms in total. The van der Waals surface area contributed by atoms with Crippen LogP contribution >= 0.6 is 0 Å². The van der Waals surface area contributed by atoms with E-state index >= 15 is 0 Å². The van der Waals surface area contributed by atoms with E-state index in [1.54, 1.807) is 6.20 Å². The van der Waals surface area contributed by atoms with Gasteiger partial charge in [0.2, 0.25) is 0 Å². The van der Waals surface area contributed by atoms with E-state index in [2.05, 4.69) is 53.6 Å². The first-order valence-electron chi connectivity index (χ1n) is 9.57. The fourth-order valence-corrected chi connectivity index (χ4v) is 4.10. The quantitative estimate of drug-likeness (QED) is 0.519. The molecule has 1 saturated heterocycles. The minimum absolute atomic E-state index is 0.0970. The van der Waals surface area contributed by atoms with E-state index in [1.807, 2.05) is 21.5 Å². The highest BCUT2D eigenvalue weighted by molar-refractivity contribution is 6.02. The minimum Gasteiger partial charge on any atom is -0.339 e. The van der Waals surface area contributed by atoms with E-state index in [9.17, 15) is 4.79 Å². The Balaban J connectivity index is 1.65. The third-order valence-electron chi connectivity index (χ3n) is 5.48. The van der Waals surface area contributed by atoms with Gasteiger partial charge in [0.25, 0.3) is 5.91 Å². The first kappa shape index (κ1) is 16.1. The molecule has 3 heterocycles. The Morgan fingerprint density at radius 3 is 2.52 bits per heavy atom. The maximum absolute atomic E-state index is 13.0. The lowest BCUT2D eigenvalue weighted by atomic mass is 10.0. The SMILES string of the molecule is O=C(c1cnn2c(-c3cccc4ccccc34)cccc12)N1CCCCC1. The van der Waals surface area contributed by atoms with Gasteiger partial charge in [-0.15, -0.1) is 0 Å². The van der Waals surface area contributed by atoms with Crippen molar-refractivity contribution in [3.63, 3.8) is 0 Å². The molecule has 0 bridgehead atoms. The second-order valence-corrected chi connectivity index (χ2v) is 7.15. The van der Waals surface area contributed by atoms with Gasteiger partial charge < -0.3 is 4.90 Å². The van der Waals surface area contributed by atoms with Gasteiger partial charge >= 0.3 is 0 Å². The van der Waals surface area contributed by atoms with Crippen LogP contribution in [0, 0.1) is 0 Å². The van der Waals surface area contributed by atoms with Crippen LogP contribution < -0.4 is 0 Å². The summed E-state index contributed by atoms with van der Waals surface area (Å²) >= 11 is 0. The monoisotopic (exact) mass is 355 g/mol. The first-order chi connectivity index (χ1) is 13.3. The molecule has 0 radical (unpaired) electrons. The molecule has 27 heavy (non-hydrogen) atoms. The van der Waals surface area contributed by atoms with E-state index in [4.69, 9.17) is 0 Å². The van der Waals surface area contributed by atoms with Gasteiger partial charge in [-0.25, -0.2) is 4.52 Å². The molecule has 1 aliphatic heterocycles. The molecule has 0 atom stereocenters. The third-order valence-corrected chi connectivity index (χ3v) is 5.48. The van der Waals surface area contributed by atoms with Crippen LogP contribution in [0.15, 0.2) is 66.9 Å². The van der Waals surface area contributed by atoms with Crippen molar-refractivity contribution in [1.29, 1.82) is 0 Å². The molecule has 2 aromatic carbocycles. The average Bonchev–Trinajstić information content (AvgIpc) is 3.18. The number of likely N-dealkylation sites (tertiary alicyclic amines) is 1. The zero-order valence-corrected chi connectivity index (χ0v) is 15.1. The normalized spacial score (nSPS) is 14.7. The predicted molar refractivity (Wildman–Crippen MR) is 108 cm³/mol. The van der Waals surface area contributed by atoms with E-state index in [0.29, 0.717) is 5.56 Å². The summed E-state index contributed by atoms with van der Waals surface area (Å²) in [7, 11) is 0. The molecule has 5 rings (SSSR count). The Kier molecular flexibility index (Phi) is 3.89. The van der Waals surface area contributed by atoms with Crippen molar-refractivity contribution in [2.75, 3.05) is 13.1 Å². The van der Waals surface area contributed by atoms with Gasteiger partial charge in [-0.05, 0) is 42.2 Å². The number of hydrogen-bond acceptors (Lipinski definition) is 2. The fourth-order valence-electron chi connectivity index (χ4n) is 4.10. The molecule has 0 spiro atoms. The second kappa shape index (κ2) is 6.54. The second-order valence-electron chi connectivity index (χ2n) is 7.15. The number of carbonyl (C=O) groups excluding carboxylic acids is 1. The van der Waals surface area contributed by atoms with Crippen molar-refractivity contribution in [3.05, 3.63) is 72.4 Å². The molecule has 0 N–H and O–H groups in total. The molecule has 134 valence electrons. The molecule has 1 amide bonds. The van der Waals surface area contributed by atoms with Crippen molar-refractivity contribution in [1.82, 2.24) is 14.5 Å². The van der Waals surface area contributed by atoms with Gasteiger partial charge in [0, 0.05) is 18.7 Å².